The molecule has 118 valence electrons. The van der Waals surface area contributed by atoms with E-state index in [-0.39, 0.29) is 5.69 Å². The first-order chi connectivity index (χ1) is 11.7. The van der Waals surface area contributed by atoms with Crippen LogP contribution in [0.4, 0.5) is 5.69 Å². The number of thiophene rings is 1. The van der Waals surface area contributed by atoms with E-state index in [2.05, 4.69) is 15.3 Å². The zero-order valence-electron chi connectivity index (χ0n) is 12.1. The second-order valence-electron chi connectivity index (χ2n) is 4.83. The highest BCUT2D eigenvalue weighted by atomic mass is 32.1. The Labute approximate surface area is 139 Å². The van der Waals surface area contributed by atoms with Crippen LogP contribution in [0.5, 0.6) is 11.6 Å². The van der Waals surface area contributed by atoms with Crippen molar-refractivity contribution >= 4 is 22.7 Å². The Morgan fingerprint density at radius 3 is 2.88 bits per heavy atom. The molecule has 0 amide bonds. The number of rotatable bonds is 4. The third-order valence-electron chi connectivity index (χ3n) is 3.27. The normalized spacial score (nSPS) is 10.8. The molecule has 0 aliphatic carbocycles. The third-order valence-corrected chi connectivity index (χ3v) is 3.95. The van der Waals surface area contributed by atoms with Gasteiger partial charge in [-0.15, -0.1) is 15.3 Å². The lowest BCUT2D eigenvalue weighted by Crippen LogP contribution is -1.97. The van der Waals surface area contributed by atoms with E-state index in [9.17, 15) is 10.1 Å². The Bertz CT molecular complexity index is 1030. The van der Waals surface area contributed by atoms with Crippen molar-refractivity contribution in [3.8, 4) is 23.0 Å². The van der Waals surface area contributed by atoms with E-state index in [1.54, 1.807) is 40.1 Å². The highest BCUT2D eigenvalue weighted by molar-refractivity contribution is 7.08. The maximum absolute atomic E-state index is 10.8. The van der Waals surface area contributed by atoms with Crippen LogP contribution in [0.3, 0.4) is 0 Å². The standard InChI is InChI=1S/C15H9N5O3S/c21-20(22)11-2-1-3-12(8-11)23-14-5-4-13-16-17-15(19(13)18-14)10-6-7-24-9-10/h1-9H. The Kier molecular flexibility index (Phi) is 3.39. The van der Waals surface area contributed by atoms with Gasteiger partial charge in [-0.2, -0.15) is 15.9 Å². The van der Waals surface area contributed by atoms with Crippen molar-refractivity contribution in [3.63, 3.8) is 0 Å². The number of benzene rings is 1. The van der Waals surface area contributed by atoms with Crippen molar-refractivity contribution < 1.29 is 9.66 Å². The molecular formula is C15H9N5O3S. The minimum absolute atomic E-state index is 0.0446. The van der Waals surface area contributed by atoms with E-state index >= 15 is 0 Å². The van der Waals surface area contributed by atoms with Gasteiger partial charge < -0.3 is 4.74 Å². The maximum Gasteiger partial charge on any atom is 0.273 e. The molecule has 0 aliphatic heterocycles. The van der Waals surface area contributed by atoms with Gasteiger partial charge in [0, 0.05) is 23.1 Å². The van der Waals surface area contributed by atoms with Crippen molar-refractivity contribution in [1.82, 2.24) is 19.8 Å². The van der Waals surface area contributed by atoms with Crippen molar-refractivity contribution in [2.45, 2.75) is 0 Å². The van der Waals surface area contributed by atoms with Gasteiger partial charge in [0.2, 0.25) is 5.88 Å². The molecule has 0 saturated heterocycles. The van der Waals surface area contributed by atoms with Crippen LogP contribution < -0.4 is 4.74 Å². The number of nitro groups is 1. The fourth-order valence-corrected chi connectivity index (χ4v) is 2.81. The first kappa shape index (κ1) is 14.3. The second-order valence-corrected chi connectivity index (χ2v) is 5.61. The molecule has 0 spiro atoms. The van der Waals surface area contributed by atoms with Gasteiger partial charge >= 0.3 is 0 Å². The molecule has 4 rings (SSSR count). The third kappa shape index (κ3) is 2.57. The maximum atomic E-state index is 10.8. The van der Waals surface area contributed by atoms with Crippen LogP contribution >= 0.6 is 11.3 Å². The molecule has 0 fully saturated rings. The van der Waals surface area contributed by atoms with Crippen molar-refractivity contribution in [3.05, 3.63) is 63.3 Å². The van der Waals surface area contributed by atoms with Gasteiger partial charge in [-0.1, -0.05) is 6.07 Å². The summed E-state index contributed by atoms with van der Waals surface area (Å²) in [6.07, 6.45) is 0. The molecule has 3 heterocycles. The SMILES string of the molecule is O=[N+]([O-])c1cccc(Oc2ccc3nnc(-c4ccsc4)n3n2)c1. The molecule has 1 aromatic carbocycles. The first-order valence-corrected chi connectivity index (χ1v) is 7.82. The predicted molar refractivity (Wildman–Crippen MR) is 87.3 cm³/mol. The Balaban J connectivity index is 1.71. The smallest absolute Gasteiger partial charge is 0.273 e. The Hall–Kier alpha value is -3.33. The molecule has 3 aromatic heterocycles. The molecule has 24 heavy (non-hydrogen) atoms. The van der Waals surface area contributed by atoms with Crippen LogP contribution in [0.15, 0.2) is 53.2 Å². The average Bonchev–Trinajstić information content (AvgIpc) is 3.23. The molecule has 8 nitrogen and oxygen atoms in total. The lowest BCUT2D eigenvalue weighted by molar-refractivity contribution is -0.384. The average molecular weight is 339 g/mol. The van der Waals surface area contributed by atoms with Gasteiger partial charge in [-0.3, -0.25) is 10.1 Å². The van der Waals surface area contributed by atoms with E-state index in [4.69, 9.17) is 4.74 Å². The van der Waals surface area contributed by atoms with Crippen molar-refractivity contribution in [2.24, 2.45) is 0 Å². The first-order valence-electron chi connectivity index (χ1n) is 6.88. The lowest BCUT2D eigenvalue weighted by atomic mass is 10.3. The van der Waals surface area contributed by atoms with Crippen LogP contribution in [-0.2, 0) is 0 Å². The van der Waals surface area contributed by atoms with Gasteiger partial charge in [0.1, 0.15) is 5.75 Å². The Morgan fingerprint density at radius 1 is 1.17 bits per heavy atom. The molecule has 0 radical (unpaired) electrons. The minimum atomic E-state index is -0.474. The molecule has 0 atom stereocenters. The molecule has 4 aromatic rings. The number of nitro benzene ring substituents is 1. The highest BCUT2D eigenvalue weighted by Crippen LogP contribution is 2.25. The summed E-state index contributed by atoms with van der Waals surface area (Å²) in [4.78, 5) is 10.4. The van der Waals surface area contributed by atoms with E-state index in [1.165, 1.54) is 12.1 Å². The number of fused-ring (bicyclic) bond motifs is 1. The van der Waals surface area contributed by atoms with E-state index in [0.717, 1.165) is 5.56 Å². The summed E-state index contributed by atoms with van der Waals surface area (Å²) in [7, 11) is 0. The monoisotopic (exact) mass is 339 g/mol. The number of non-ortho nitro benzene ring substituents is 1. The van der Waals surface area contributed by atoms with Gasteiger partial charge in [0.25, 0.3) is 5.69 Å². The van der Waals surface area contributed by atoms with Crippen LogP contribution in [0.2, 0.25) is 0 Å². The fraction of sp³-hybridized carbons (Fsp3) is 0. The van der Waals surface area contributed by atoms with Crippen LogP contribution in [0, 0.1) is 10.1 Å². The molecule has 0 unspecified atom stereocenters. The summed E-state index contributed by atoms with van der Waals surface area (Å²) < 4.78 is 7.21. The molecule has 0 N–H and O–H groups in total. The number of hydrogen-bond acceptors (Lipinski definition) is 7. The molecule has 9 heteroatoms. The summed E-state index contributed by atoms with van der Waals surface area (Å²) in [5.41, 5.74) is 1.45. The largest absolute Gasteiger partial charge is 0.437 e. The van der Waals surface area contributed by atoms with E-state index in [0.29, 0.717) is 23.1 Å². The summed E-state index contributed by atoms with van der Waals surface area (Å²) in [6, 6.07) is 11.2. The number of nitrogens with zero attached hydrogens (tertiary/aromatic N) is 5. The molecular weight excluding hydrogens is 330 g/mol. The van der Waals surface area contributed by atoms with Gasteiger partial charge in [0.15, 0.2) is 11.5 Å². The predicted octanol–water partition coefficient (Wildman–Crippen LogP) is 3.55. The lowest BCUT2D eigenvalue weighted by Gasteiger charge is -2.05. The second kappa shape index (κ2) is 5.70. The minimum Gasteiger partial charge on any atom is -0.437 e. The van der Waals surface area contributed by atoms with E-state index in [1.807, 2.05) is 16.8 Å². The summed E-state index contributed by atoms with van der Waals surface area (Å²) in [5, 5.41) is 27.3. The van der Waals surface area contributed by atoms with Gasteiger partial charge in [0.05, 0.1) is 11.0 Å². The zero-order valence-corrected chi connectivity index (χ0v) is 12.9. The molecule has 0 aliphatic rings. The zero-order chi connectivity index (χ0) is 16.5. The number of ether oxygens (including phenoxy) is 1. The fourth-order valence-electron chi connectivity index (χ4n) is 2.18. The van der Waals surface area contributed by atoms with Crippen LogP contribution in [0.1, 0.15) is 0 Å². The van der Waals surface area contributed by atoms with Crippen molar-refractivity contribution in [1.29, 1.82) is 0 Å². The van der Waals surface area contributed by atoms with Crippen LogP contribution in [0.25, 0.3) is 17.0 Å². The summed E-state index contributed by atoms with van der Waals surface area (Å²) in [6.45, 7) is 0. The quantitative estimate of drug-likeness (QED) is 0.417. The number of hydrogen-bond donors (Lipinski definition) is 0. The van der Waals surface area contributed by atoms with Gasteiger partial charge in [-0.25, -0.2) is 0 Å². The van der Waals surface area contributed by atoms with Crippen LogP contribution in [-0.4, -0.2) is 24.7 Å². The summed E-state index contributed by atoms with van der Waals surface area (Å²) in [5.74, 6) is 1.23. The molecule has 0 saturated carbocycles. The Morgan fingerprint density at radius 2 is 2.08 bits per heavy atom. The van der Waals surface area contributed by atoms with Crippen molar-refractivity contribution in [2.75, 3.05) is 0 Å². The van der Waals surface area contributed by atoms with E-state index < -0.39 is 4.92 Å². The topological polar surface area (TPSA) is 95.5 Å². The number of aromatic nitrogens is 4. The highest BCUT2D eigenvalue weighted by Gasteiger charge is 2.12. The van der Waals surface area contributed by atoms with Gasteiger partial charge in [-0.05, 0) is 23.6 Å². The summed E-state index contributed by atoms with van der Waals surface area (Å²) >= 11 is 1.55. The molecule has 0 bridgehead atoms.